The third-order valence-electron chi connectivity index (χ3n) is 2.41. The SMILES string of the molecule is C=CCC[C@@H](CC(=O)O)c1ccccc1.S. The van der Waals surface area contributed by atoms with Crippen LogP contribution in [0.4, 0.5) is 0 Å². The number of carboxylic acids is 1. The lowest BCUT2D eigenvalue weighted by Crippen LogP contribution is -2.06. The first-order valence-electron chi connectivity index (χ1n) is 5.11. The molecule has 1 aromatic carbocycles. The van der Waals surface area contributed by atoms with Gasteiger partial charge in [-0.1, -0.05) is 36.4 Å². The fourth-order valence-corrected chi connectivity index (χ4v) is 1.64. The normalized spacial score (nSPS) is 11.2. The number of aliphatic carboxylic acids is 1. The molecule has 0 spiro atoms. The third-order valence-corrected chi connectivity index (χ3v) is 2.41. The Balaban J connectivity index is 0.00000225. The van der Waals surface area contributed by atoms with Crippen LogP contribution in [0.15, 0.2) is 43.0 Å². The Bertz CT molecular complexity index is 322. The number of carbonyl (C=O) groups is 1. The Hall–Kier alpha value is -1.22. The van der Waals surface area contributed by atoms with Gasteiger partial charge in [-0.25, -0.2) is 0 Å². The molecule has 0 saturated heterocycles. The van der Waals surface area contributed by atoms with Gasteiger partial charge in [0.05, 0.1) is 6.42 Å². The molecule has 0 fully saturated rings. The maximum atomic E-state index is 10.7. The van der Waals surface area contributed by atoms with Crippen LogP contribution in [0.25, 0.3) is 0 Å². The number of hydrogen-bond donors (Lipinski definition) is 1. The molecule has 3 heteroatoms. The summed E-state index contributed by atoms with van der Waals surface area (Å²) in [6, 6.07) is 9.79. The number of rotatable bonds is 6. The highest BCUT2D eigenvalue weighted by atomic mass is 32.1. The van der Waals surface area contributed by atoms with Crippen LogP contribution < -0.4 is 0 Å². The zero-order valence-electron chi connectivity index (χ0n) is 9.23. The van der Waals surface area contributed by atoms with Crippen molar-refractivity contribution >= 4 is 19.5 Å². The predicted octanol–water partition coefficient (Wildman–Crippen LogP) is 3.32. The van der Waals surface area contributed by atoms with E-state index in [2.05, 4.69) is 6.58 Å². The lowest BCUT2D eigenvalue weighted by Gasteiger charge is -2.13. The van der Waals surface area contributed by atoms with E-state index in [1.54, 1.807) is 0 Å². The molecule has 0 saturated carbocycles. The molecule has 2 nitrogen and oxygen atoms in total. The fraction of sp³-hybridized carbons (Fsp3) is 0.308. The predicted molar refractivity (Wildman–Crippen MR) is 71.2 cm³/mol. The summed E-state index contributed by atoms with van der Waals surface area (Å²) in [6.07, 6.45) is 3.72. The average Bonchev–Trinajstić information content (AvgIpc) is 2.25. The molecule has 0 aliphatic rings. The fourth-order valence-electron chi connectivity index (χ4n) is 1.64. The summed E-state index contributed by atoms with van der Waals surface area (Å²) in [5, 5.41) is 8.82. The second-order valence-corrected chi connectivity index (χ2v) is 3.57. The van der Waals surface area contributed by atoms with E-state index in [4.69, 9.17) is 5.11 Å². The monoisotopic (exact) mass is 238 g/mol. The molecule has 0 aliphatic carbocycles. The Morgan fingerprint density at radius 3 is 2.50 bits per heavy atom. The van der Waals surface area contributed by atoms with Gasteiger partial charge in [0, 0.05) is 0 Å². The van der Waals surface area contributed by atoms with Crippen LogP contribution in [0.2, 0.25) is 0 Å². The maximum Gasteiger partial charge on any atom is 0.303 e. The molecule has 1 rings (SSSR count). The first-order valence-corrected chi connectivity index (χ1v) is 5.11. The molecular weight excluding hydrogens is 220 g/mol. The summed E-state index contributed by atoms with van der Waals surface area (Å²) in [5.74, 6) is -0.644. The Kier molecular flexibility index (Phi) is 7.38. The molecule has 0 amide bonds. The van der Waals surface area contributed by atoms with Gasteiger partial charge in [-0.05, 0) is 24.3 Å². The zero-order valence-corrected chi connectivity index (χ0v) is 10.2. The van der Waals surface area contributed by atoms with Crippen molar-refractivity contribution in [3.8, 4) is 0 Å². The zero-order chi connectivity index (χ0) is 11.1. The molecule has 0 heterocycles. The van der Waals surface area contributed by atoms with Crippen LogP contribution in [0.3, 0.4) is 0 Å². The summed E-state index contributed by atoms with van der Waals surface area (Å²) in [5.41, 5.74) is 1.10. The summed E-state index contributed by atoms with van der Waals surface area (Å²) in [7, 11) is 0. The molecule has 1 aromatic rings. The van der Waals surface area contributed by atoms with Gasteiger partial charge >= 0.3 is 5.97 Å². The van der Waals surface area contributed by atoms with Gasteiger partial charge < -0.3 is 5.11 Å². The summed E-state index contributed by atoms with van der Waals surface area (Å²) in [6.45, 7) is 3.66. The van der Waals surface area contributed by atoms with Crippen molar-refractivity contribution in [2.24, 2.45) is 0 Å². The van der Waals surface area contributed by atoms with Crippen LogP contribution in [-0.2, 0) is 4.79 Å². The van der Waals surface area contributed by atoms with E-state index in [0.29, 0.717) is 0 Å². The van der Waals surface area contributed by atoms with Crippen molar-refractivity contribution in [3.63, 3.8) is 0 Å². The molecule has 0 aliphatic heterocycles. The van der Waals surface area contributed by atoms with E-state index < -0.39 is 5.97 Å². The molecule has 0 unspecified atom stereocenters. The molecule has 0 bridgehead atoms. The van der Waals surface area contributed by atoms with E-state index >= 15 is 0 Å². The molecule has 1 N–H and O–H groups in total. The van der Waals surface area contributed by atoms with Gasteiger partial charge in [0.15, 0.2) is 0 Å². The van der Waals surface area contributed by atoms with E-state index in [-0.39, 0.29) is 25.8 Å². The minimum Gasteiger partial charge on any atom is -0.481 e. The van der Waals surface area contributed by atoms with Gasteiger partial charge in [0.1, 0.15) is 0 Å². The van der Waals surface area contributed by atoms with E-state index in [0.717, 1.165) is 18.4 Å². The first kappa shape index (κ1) is 14.8. The van der Waals surface area contributed by atoms with Crippen molar-refractivity contribution in [2.75, 3.05) is 0 Å². The highest BCUT2D eigenvalue weighted by Gasteiger charge is 2.14. The molecule has 1 atom stereocenters. The van der Waals surface area contributed by atoms with Crippen molar-refractivity contribution in [1.82, 2.24) is 0 Å². The Morgan fingerprint density at radius 2 is 2.00 bits per heavy atom. The van der Waals surface area contributed by atoms with Crippen LogP contribution in [0, 0.1) is 0 Å². The third kappa shape index (κ3) is 5.03. The van der Waals surface area contributed by atoms with Crippen molar-refractivity contribution in [1.29, 1.82) is 0 Å². The van der Waals surface area contributed by atoms with Gasteiger partial charge in [-0.15, -0.1) is 6.58 Å². The lowest BCUT2D eigenvalue weighted by atomic mass is 9.91. The second kappa shape index (κ2) is 7.99. The van der Waals surface area contributed by atoms with Crippen molar-refractivity contribution < 1.29 is 9.90 Å². The molecule has 0 aromatic heterocycles. The Morgan fingerprint density at radius 1 is 1.38 bits per heavy atom. The summed E-state index contributed by atoms with van der Waals surface area (Å²) < 4.78 is 0. The highest BCUT2D eigenvalue weighted by molar-refractivity contribution is 7.59. The van der Waals surface area contributed by atoms with Gasteiger partial charge in [0.2, 0.25) is 0 Å². The standard InChI is InChI=1S/C13H16O2.H2S/c1-2-3-7-12(10-13(14)15)11-8-5-4-6-9-11;/h2,4-6,8-9,12H,1,3,7,10H2,(H,14,15);1H2/t12-;/m0./s1. The minimum atomic E-state index is -0.743. The van der Waals surface area contributed by atoms with E-state index in [1.807, 2.05) is 36.4 Å². The highest BCUT2D eigenvalue weighted by Crippen LogP contribution is 2.24. The lowest BCUT2D eigenvalue weighted by molar-refractivity contribution is -0.137. The number of carboxylic acid groups (broad SMARTS) is 1. The van der Waals surface area contributed by atoms with Crippen LogP contribution in [0.1, 0.15) is 30.7 Å². The average molecular weight is 238 g/mol. The second-order valence-electron chi connectivity index (χ2n) is 3.57. The van der Waals surface area contributed by atoms with E-state index in [9.17, 15) is 4.79 Å². The molecule has 16 heavy (non-hydrogen) atoms. The van der Waals surface area contributed by atoms with Crippen LogP contribution >= 0.6 is 13.5 Å². The number of allylic oxidation sites excluding steroid dienone is 1. The summed E-state index contributed by atoms with van der Waals surface area (Å²) in [4.78, 5) is 10.7. The van der Waals surface area contributed by atoms with Gasteiger partial charge in [0.25, 0.3) is 0 Å². The van der Waals surface area contributed by atoms with Crippen LogP contribution in [-0.4, -0.2) is 11.1 Å². The molecule has 88 valence electrons. The van der Waals surface area contributed by atoms with Gasteiger partial charge in [-0.2, -0.15) is 13.5 Å². The Labute approximate surface area is 103 Å². The first-order chi connectivity index (χ1) is 7.24. The van der Waals surface area contributed by atoms with Crippen molar-refractivity contribution in [2.45, 2.75) is 25.2 Å². The molecule has 0 radical (unpaired) electrons. The van der Waals surface area contributed by atoms with Gasteiger partial charge in [-0.3, -0.25) is 4.79 Å². The van der Waals surface area contributed by atoms with Crippen molar-refractivity contribution in [3.05, 3.63) is 48.6 Å². The molecular formula is C13H18O2S. The minimum absolute atomic E-state index is 0. The smallest absolute Gasteiger partial charge is 0.303 e. The topological polar surface area (TPSA) is 37.3 Å². The van der Waals surface area contributed by atoms with E-state index in [1.165, 1.54) is 0 Å². The largest absolute Gasteiger partial charge is 0.481 e. The number of benzene rings is 1. The van der Waals surface area contributed by atoms with Crippen LogP contribution in [0.5, 0.6) is 0 Å². The quantitative estimate of drug-likeness (QED) is 0.772. The summed E-state index contributed by atoms with van der Waals surface area (Å²) >= 11 is 0. The maximum absolute atomic E-state index is 10.7. The number of hydrogen-bond acceptors (Lipinski definition) is 1.